The molecule has 0 unspecified atom stereocenters. The van der Waals surface area contributed by atoms with Gasteiger partial charge in [-0.1, -0.05) is 11.6 Å². The van der Waals surface area contributed by atoms with Crippen LogP contribution in [0.1, 0.15) is 9.67 Å². The van der Waals surface area contributed by atoms with Crippen LogP contribution in [0.4, 0.5) is 11.4 Å². The second kappa shape index (κ2) is 6.39. The largest absolute Gasteiger partial charge is 0.321 e. The SMILES string of the molecule is CS(=O)(=O)Nc1cc(Cl)cc(NC(=O)c2cc3ncccc3s2)c1. The number of halogens is 1. The number of carbonyl (C=O) groups is 1. The molecule has 0 aliphatic rings. The van der Waals surface area contributed by atoms with Crippen LogP contribution in [-0.4, -0.2) is 25.6 Å². The molecule has 0 spiro atoms. The number of fused-ring (bicyclic) bond motifs is 1. The van der Waals surface area contributed by atoms with E-state index in [1.807, 2.05) is 6.07 Å². The summed E-state index contributed by atoms with van der Waals surface area (Å²) in [4.78, 5) is 17.1. The molecule has 0 fully saturated rings. The summed E-state index contributed by atoms with van der Waals surface area (Å²) in [5, 5.41) is 3.01. The van der Waals surface area contributed by atoms with Gasteiger partial charge < -0.3 is 5.32 Å². The Kier molecular flexibility index (Phi) is 4.44. The third-order valence-corrected chi connectivity index (χ3v) is 4.88. The van der Waals surface area contributed by atoms with Crippen molar-refractivity contribution in [1.29, 1.82) is 0 Å². The Balaban J connectivity index is 1.85. The van der Waals surface area contributed by atoms with Gasteiger partial charge in [0.2, 0.25) is 10.0 Å². The Morgan fingerprint density at radius 2 is 1.96 bits per heavy atom. The molecule has 1 aromatic carbocycles. The zero-order chi connectivity index (χ0) is 17.3. The van der Waals surface area contributed by atoms with Crippen molar-refractivity contribution in [3.05, 3.63) is 52.5 Å². The molecule has 0 aliphatic heterocycles. The van der Waals surface area contributed by atoms with Gasteiger partial charge in [0.05, 0.1) is 27.0 Å². The molecule has 3 aromatic rings. The molecule has 0 bridgehead atoms. The van der Waals surface area contributed by atoms with Crippen LogP contribution in [0.5, 0.6) is 0 Å². The van der Waals surface area contributed by atoms with Crippen molar-refractivity contribution in [1.82, 2.24) is 4.98 Å². The van der Waals surface area contributed by atoms with Gasteiger partial charge in [-0.15, -0.1) is 11.3 Å². The maximum atomic E-state index is 12.4. The molecule has 24 heavy (non-hydrogen) atoms. The van der Waals surface area contributed by atoms with Gasteiger partial charge in [0.15, 0.2) is 0 Å². The average molecular weight is 382 g/mol. The van der Waals surface area contributed by atoms with Crippen LogP contribution in [-0.2, 0) is 10.0 Å². The van der Waals surface area contributed by atoms with Gasteiger partial charge in [-0.3, -0.25) is 14.5 Å². The summed E-state index contributed by atoms with van der Waals surface area (Å²) in [5.41, 5.74) is 1.42. The number of aromatic nitrogens is 1. The van der Waals surface area contributed by atoms with Crippen LogP contribution in [0.15, 0.2) is 42.6 Å². The van der Waals surface area contributed by atoms with E-state index in [0.29, 0.717) is 15.6 Å². The number of thiophene rings is 1. The lowest BCUT2D eigenvalue weighted by Crippen LogP contribution is -2.12. The molecule has 9 heteroatoms. The summed E-state index contributed by atoms with van der Waals surface area (Å²) in [6.07, 6.45) is 2.70. The molecular weight excluding hydrogens is 370 g/mol. The molecule has 0 radical (unpaired) electrons. The van der Waals surface area contributed by atoms with Crippen LogP contribution in [0.25, 0.3) is 10.2 Å². The summed E-state index contributed by atoms with van der Waals surface area (Å²) in [6, 6.07) is 9.89. The monoisotopic (exact) mass is 381 g/mol. The smallest absolute Gasteiger partial charge is 0.265 e. The molecule has 2 aromatic heterocycles. The Bertz CT molecular complexity index is 998. The zero-order valence-corrected chi connectivity index (χ0v) is 14.8. The highest BCUT2D eigenvalue weighted by Crippen LogP contribution is 2.27. The van der Waals surface area contributed by atoms with Crippen LogP contribution in [0.3, 0.4) is 0 Å². The molecule has 6 nitrogen and oxygen atoms in total. The van der Waals surface area contributed by atoms with E-state index in [1.54, 1.807) is 24.4 Å². The van der Waals surface area contributed by atoms with E-state index in [9.17, 15) is 13.2 Å². The van der Waals surface area contributed by atoms with E-state index in [1.165, 1.54) is 23.5 Å². The van der Waals surface area contributed by atoms with Crippen molar-refractivity contribution in [2.45, 2.75) is 0 Å². The first kappa shape index (κ1) is 16.7. The number of nitrogens with zero attached hydrogens (tertiary/aromatic N) is 1. The number of rotatable bonds is 4. The Labute approximate surface area is 147 Å². The minimum absolute atomic E-state index is 0.276. The molecule has 3 rings (SSSR count). The number of carbonyl (C=O) groups excluding carboxylic acids is 1. The molecule has 2 N–H and O–H groups in total. The third kappa shape index (κ3) is 4.02. The van der Waals surface area contributed by atoms with Gasteiger partial charge in [0.1, 0.15) is 0 Å². The number of pyridine rings is 1. The van der Waals surface area contributed by atoms with E-state index in [4.69, 9.17) is 11.6 Å². The molecule has 0 atom stereocenters. The van der Waals surface area contributed by atoms with Crippen LogP contribution in [0.2, 0.25) is 5.02 Å². The maximum Gasteiger partial charge on any atom is 0.265 e. The first-order valence-corrected chi connectivity index (χ1v) is 9.83. The van der Waals surface area contributed by atoms with Crippen molar-refractivity contribution in [2.24, 2.45) is 0 Å². The predicted octanol–water partition coefficient (Wildman–Crippen LogP) is 3.57. The normalized spacial score (nSPS) is 11.4. The fourth-order valence-electron chi connectivity index (χ4n) is 2.11. The van der Waals surface area contributed by atoms with E-state index in [2.05, 4.69) is 15.0 Å². The number of hydrogen-bond acceptors (Lipinski definition) is 5. The molecule has 0 aliphatic carbocycles. The number of nitrogens with one attached hydrogen (secondary N) is 2. The minimum Gasteiger partial charge on any atom is -0.321 e. The first-order chi connectivity index (χ1) is 11.3. The lowest BCUT2D eigenvalue weighted by Gasteiger charge is -2.09. The number of sulfonamides is 1. The number of amides is 1. The van der Waals surface area contributed by atoms with Crippen LogP contribution < -0.4 is 10.0 Å². The standard InChI is InChI=1S/C15H12ClN3O3S2/c1-24(21,22)19-11-6-9(16)5-10(7-11)18-15(20)14-8-12-13(23-14)3-2-4-17-12/h2-8,19H,1H3,(H,18,20). The lowest BCUT2D eigenvalue weighted by molar-refractivity contribution is 0.103. The third-order valence-electron chi connectivity index (χ3n) is 2.97. The second-order valence-electron chi connectivity index (χ2n) is 5.05. The lowest BCUT2D eigenvalue weighted by atomic mass is 10.2. The van der Waals surface area contributed by atoms with Crippen molar-refractivity contribution in [3.63, 3.8) is 0 Å². The van der Waals surface area contributed by atoms with Crippen molar-refractivity contribution >= 4 is 60.5 Å². The van der Waals surface area contributed by atoms with E-state index < -0.39 is 10.0 Å². The summed E-state index contributed by atoms with van der Waals surface area (Å²) < 4.78 is 25.9. The number of benzene rings is 1. The molecule has 1 amide bonds. The molecule has 124 valence electrons. The Hall–Kier alpha value is -2.16. The van der Waals surface area contributed by atoms with Crippen molar-refractivity contribution in [3.8, 4) is 0 Å². The Morgan fingerprint density at radius 3 is 2.67 bits per heavy atom. The van der Waals surface area contributed by atoms with E-state index in [-0.39, 0.29) is 11.6 Å². The maximum absolute atomic E-state index is 12.4. The van der Waals surface area contributed by atoms with Gasteiger partial charge in [0, 0.05) is 16.9 Å². The second-order valence-corrected chi connectivity index (χ2v) is 8.32. The van der Waals surface area contributed by atoms with Crippen molar-refractivity contribution < 1.29 is 13.2 Å². The van der Waals surface area contributed by atoms with E-state index >= 15 is 0 Å². The first-order valence-electron chi connectivity index (χ1n) is 6.74. The van der Waals surface area contributed by atoms with E-state index in [0.717, 1.165) is 16.5 Å². The van der Waals surface area contributed by atoms with Crippen molar-refractivity contribution in [2.75, 3.05) is 16.3 Å². The van der Waals surface area contributed by atoms with Gasteiger partial charge in [0.25, 0.3) is 5.91 Å². The summed E-state index contributed by atoms with van der Waals surface area (Å²) >= 11 is 7.30. The summed E-state index contributed by atoms with van der Waals surface area (Å²) in [6.45, 7) is 0. The van der Waals surface area contributed by atoms with Gasteiger partial charge in [-0.2, -0.15) is 0 Å². The molecule has 0 saturated carbocycles. The summed E-state index contributed by atoms with van der Waals surface area (Å²) in [7, 11) is -3.44. The van der Waals surface area contributed by atoms with Gasteiger partial charge in [-0.05, 0) is 36.4 Å². The number of anilines is 2. The summed E-state index contributed by atoms with van der Waals surface area (Å²) in [5.74, 6) is -0.314. The topological polar surface area (TPSA) is 88.2 Å². The molecule has 0 saturated heterocycles. The van der Waals surface area contributed by atoms with Crippen LogP contribution >= 0.6 is 22.9 Å². The van der Waals surface area contributed by atoms with Crippen LogP contribution in [0, 0.1) is 0 Å². The zero-order valence-electron chi connectivity index (χ0n) is 12.4. The van der Waals surface area contributed by atoms with Gasteiger partial charge >= 0.3 is 0 Å². The fourth-order valence-corrected chi connectivity index (χ4v) is 3.80. The quantitative estimate of drug-likeness (QED) is 0.723. The molecule has 2 heterocycles. The highest BCUT2D eigenvalue weighted by atomic mass is 35.5. The average Bonchev–Trinajstić information content (AvgIpc) is 2.88. The molecular formula is C15H12ClN3O3S2. The number of hydrogen-bond donors (Lipinski definition) is 2. The Morgan fingerprint density at radius 1 is 1.21 bits per heavy atom. The minimum atomic E-state index is -3.44. The highest BCUT2D eigenvalue weighted by molar-refractivity contribution is 7.92. The fraction of sp³-hybridized carbons (Fsp3) is 0.0667. The van der Waals surface area contributed by atoms with Gasteiger partial charge in [-0.25, -0.2) is 8.42 Å². The predicted molar refractivity (Wildman–Crippen MR) is 97.5 cm³/mol. The highest BCUT2D eigenvalue weighted by Gasteiger charge is 2.12.